The monoisotopic (exact) mass is 268 g/mol. The maximum absolute atomic E-state index is 13.6. The highest BCUT2D eigenvalue weighted by Gasteiger charge is 2.13. The third kappa shape index (κ3) is 2.83. The molecule has 3 nitrogen and oxygen atoms in total. The van der Waals surface area contributed by atoms with Crippen molar-refractivity contribution in [1.82, 2.24) is 9.97 Å². The van der Waals surface area contributed by atoms with Crippen molar-refractivity contribution < 1.29 is 13.9 Å². The molecule has 0 bridgehead atoms. The standard InChI is InChI=1S/C12H10F2N2OS/c1-7-4-15-12(16-5-7)18-11-9(13)2-8(6-17)3-10(11)14/h2-5,17H,6H2,1H3. The Balaban J connectivity index is 2.31. The van der Waals surface area contributed by atoms with Gasteiger partial charge in [-0.1, -0.05) is 0 Å². The first-order valence-corrected chi connectivity index (χ1v) is 5.97. The predicted molar refractivity (Wildman–Crippen MR) is 63.2 cm³/mol. The maximum atomic E-state index is 13.6. The van der Waals surface area contributed by atoms with Gasteiger partial charge in [-0.2, -0.15) is 0 Å². The summed E-state index contributed by atoms with van der Waals surface area (Å²) in [4.78, 5) is 7.76. The van der Waals surface area contributed by atoms with Crippen LogP contribution in [0.2, 0.25) is 0 Å². The van der Waals surface area contributed by atoms with Crippen molar-refractivity contribution in [2.24, 2.45) is 0 Å². The summed E-state index contributed by atoms with van der Waals surface area (Å²) in [5.41, 5.74) is 1.06. The van der Waals surface area contributed by atoms with E-state index in [1.54, 1.807) is 12.4 Å². The normalized spacial score (nSPS) is 10.7. The Morgan fingerprint density at radius 2 is 1.72 bits per heavy atom. The van der Waals surface area contributed by atoms with Gasteiger partial charge in [0.25, 0.3) is 0 Å². The van der Waals surface area contributed by atoms with Gasteiger partial charge in [0.05, 0.1) is 11.5 Å². The van der Waals surface area contributed by atoms with Crippen LogP contribution in [0.3, 0.4) is 0 Å². The molecule has 2 rings (SSSR count). The van der Waals surface area contributed by atoms with Gasteiger partial charge in [-0.15, -0.1) is 0 Å². The van der Waals surface area contributed by atoms with E-state index in [1.165, 1.54) is 0 Å². The van der Waals surface area contributed by atoms with E-state index < -0.39 is 18.2 Å². The SMILES string of the molecule is Cc1cnc(Sc2c(F)cc(CO)cc2F)nc1. The number of aliphatic hydroxyl groups excluding tert-OH is 1. The van der Waals surface area contributed by atoms with Gasteiger partial charge < -0.3 is 5.11 Å². The lowest BCUT2D eigenvalue weighted by molar-refractivity contribution is 0.280. The average Bonchev–Trinajstić information content (AvgIpc) is 2.35. The Morgan fingerprint density at radius 3 is 2.22 bits per heavy atom. The molecule has 0 amide bonds. The van der Waals surface area contributed by atoms with Crippen LogP contribution in [0.1, 0.15) is 11.1 Å². The Labute approximate surface area is 107 Å². The molecule has 1 aromatic carbocycles. The van der Waals surface area contributed by atoms with Gasteiger partial charge in [0.2, 0.25) is 0 Å². The van der Waals surface area contributed by atoms with Crippen LogP contribution in [-0.4, -0.2) is 15.1 Å². The first-order valence-electron chi connectivity index (χ1n) is 5.15. The summed E-state index contributed by atoms with van der Waals surface area (Å²) >= 11 is 0.815. The van der Waals surface area contributed by atoms with Crippen LogP contribution < -0.4 is 0 Å². The quantitative estimate of drug-likeness (QED) is 0.869. The molecule has 0 aliphatic carbocycles. The molecule has 1 aromatic heterocycles. The van der Waals surface area contributed by atoms with Crippen LogP contribution in [0, 0.1) is 18.6 Å². The minimum absolute atomic E-state index is 0.170. The molecule has 0 unspecified atom stereocenters. The Hall–Kier alpha value is -1.53. The van der Waals surface area contributed by atoms with Gasteiger partial charge in [-0.25, -0.2) is 18.7 Å². The molecule has 0 saturated heterocycles. The second kappa shape index (κ2) is 5.41. The van der Waals surface area contributed by atoms with Gasteiger partial charge in [0.15, 0.2) is 5.16 Å². The molecule has 0 aliphatic rings. The van der Waals surface area contributed by atoms with Crippen molar-refractivity contribution in [2.75, 3.05) is 0 Å². The fraction of sp³-hybridized carbons (Fsp3) is 0.167. The molecule has 94 valence electrons. The van der Waals surface area contributed by atoms with Crippen molar-refractivity contribution in [3.8, 4) is 0 Å². The zero-order chi connectivity index (χ0) is 13.1. The number of benzene rings is 1. The molecule has 0 spiro atoms. The number of hydrogen-bond acceptors (Lipinski definition) is 4. The minimum atomic E-state index is -0.728. The third-order valence-electron chi connectivity index (χ3n) is 2.19. The van der Waals surface area contributed by atoms with Crippen molar-refractivity contribution in [3.05, 3.63) is 47.3 Å². The van der Waals surface area contributed by atoms with E-state index >= 15 is 0 Å². The molecule has 0 radical (unpaired) electrons. The fourth-order valence-corrected chi connectivity index (χ4v) is 2.03. The number of aryl methyl sites for hydroxylation is 1. The smallest absolute Gasteiger partial charge is 0.192 e. The molecule has 1 N–H and O–H groups in total. The van der Waals surface area contributed by atoms with Crippen LogP contribution in [0.25, 0.3) is 0 Å². The van der Waals surface area contributed by atoms with Crippen LogP contribution in [0.4, 0.5) is 8.78 Å². The molecule has 1 heterocycles. The van der Waals surface area contributed by atoms with E-state index in [-0.39, 0.29) is 15.6 Å². The van der Waals surface area contributed by atoms with Gasteiger partial charge in [-0.3, -0.25) is 0 Å². The van der Waals surface area contributed by atoms with Crippen LogP contribution in [0.5, 0.6) is 0 Å². The van der Waals surface area contributed by atoms with E-state index in [0.717, 1.165) is 29.5 Å². The first-order chi connectivity index (χ1) is 8.60. The van der Waals surface area contributed by atoms with Crippen molar-refractivity contribution >= 4 is 11.8 Å². The minimum Gasteiger partial charge on any atom is -0.392 e. The predicted octanol–water partition coefficient (Wildman–Crippen LogP) is 2.71. The number of aromatic nitrogens is 2. The zero-order valence-corrected chi connectivity index (χ0v) is 10.3. The summed E-state index contributed by atoms with van der Waals surface area (Å²) in [5, 5.41) is 9.11. The lowest BCUT2D eigenvalue weighted by atomic mass is 10.2. The molecular weight excluding hydrogens is 258 g/mol. The summed E-state index contributed by atoms with van der Waals surface area (Å²) in [5.74, 6) is -1.46. The van der Waals surface area contributed by atoms with Crippen molar-refractivity contribution in [1.29, 1.82) is 0 Å². The van der Waals surface area contributed by atoms with Crippen molar-refractivity contribution in [2.45, 2.75) is 23.6 Å². The Kier molecular flexibility index (Phi) is 3.88. The topological polar surface area (TPSA) is 46.0 Å². The molecule has 0 atom stereocenters. The van der Waals surface area contributed by atoms with Crippen LogP contribution in [-0.2, 0) is 6.61 Å². The summed E-state index contributed by atoms with van der Waals surface area (Å²) in [7, 11) is 0. The number of halogens is 2. The highest BCUT2D eigenvalue weighted by molar-refractivity contribution is 7.99. The van der Waals surface area contributed by atoms with E-state index in [1.807, 2.05) is 6.92 Å². The molecule has 0 saturated carbocycles. The Bertz CT molecular complexity index is 537. The van der Waals surface area contributed by atoms with E-state index in [4.69, 9.17) is 5.11 Å². The zero-order valence-electron chi connectivity index (χ0n) is 9.52. The van der Waals surface area contributed by atoms with Gasteiger partial charge in [0.1, 0.15) is 11.6 Å². The Morgan fingerprint density at radius 1 is 1.17 bits per heavy atom. The van der Waals surface area contributed by atoms with Crippen LogP contribution in [0.15, 0.2) is 34.6 Å². The lowest BCUT2D eigenvalue weighted by Crippen LogP contribution is -1.94. The van der Waals surface area contributed by atoms with E-state index in [9.17, 15) is 8.78 Å². The largest absolute Gasteiger partial charge is 0.392 e. The molecular formula is C12H10F2N2OS. The number of rotatable bonds is 3. The molecule has 0 aliphatic heterocycles. The highest BCUT2D eigenvalue weighted by Crippen LogP contribution is 2.30. The lowest BCUT2D eigenvalue weighted by Gasteiger charge is -2.05. The van der Waals surface area contributed by atoms with E-state index in [2.05, 4.69) is 9.97 Å². The average molecular weight is 268 g/mol. The third-order valence-corrected chi connectivity index (χ3v) is 3.18. The van der Waals surface area contributed by atoms with Crippen molar-refractivity contribution in [3.63, 3.8) is 0 Å². The number of nitrogens with zero attached hydrogens (tertiary/aromatic N) is 2. The van der Waals surface area contributed by atoms with Gasteiger partial charge in [0, 0.05) is 12.4 Å². The molecule has 0 fully saturated rings. The van der Waals surface area contributed by atoms with Gasteiger partial charge >= 0.3 is 0 Å². The molecule has 2 aromatic rings. The highest BCUT2D eigenvalue weighted by atomic mass is 32.2. The maximum Gasteiger partial charge on any atom is 0.192 e. The molecule has 18 heavy (non-hydrogen) atoms. The van der Waals surface area contributed by atoms with Gasteiger partial charge in [-0.05, 0) is 41.9 Å². The summed E-state index contributed by atoms with van der Waals surface area (Å²) < 4.78 is 27.3. The number of hydrogen-bond donors (Lipinski definition) is 1. The summed E-state index contributed by atoms with van der Waals surface area (Å²) in [6, 6.07) is 2.19. The fourth-order valence-electron chi connectivity index (χ4n) is 1.33. The first kappa shape index (κ1) is 12.9. The van der Waals surface area contributed by atoms with Crippen LogP contribution >= 0.6 is 11.8 Å². The number of aliphatic hydroxyl groups is 1. The second-order valence-electron chi connectivity index (χ2n) is 3.69. The summed E-state index contributed by atoms with van der Waals surface area (Å²) in [6.45, 7) is 1.42. The summed E-state index contributed by atoms with van der Waals surface area (Å²) in [6.07, 6.45) is 3.15. The molecule has 6 heteroatoms. The van der Waals surface area contributed by atoms with E-state index in [0.29, 0.717) is 0 Å². The second-order valence-corrected chi connectivity index (χ2v) is 4.67.